The predicted octanol–water partition coefficient (Wildman–Crippen LogP) is 2.43. The first-order valence-electron chi connectivity index (χ1n) is 7.65. The number of aryl methyl sites for hydroxylation is 1. The summed E-state index contributed by atoms with van der Waals surface area (Å²) in [6.07, 6.45) is 4.54. The molecule has 3 rings (SSSR count). The molecule has 2 amide bonds. The maximum atomic E-state index is 12.5. The summed E-state index contributed by atoms with van der Waals surface area (Å²) in [6.45, 7) is 2.37. The quantitative estimate of drug-likeness (QED) is 0.833. The summed E-state index contributed by atoms with van der Waals surface area (Å²) in [7, 11) is 0. The number of hydrogen-bond donors (Lipinski definition) is 2. The van der Waals surface area contributed by atoms with E-state index in [0.717, 1.165) is 16.8 Å². The Balaban J connectivity index is 1.62. The molecule has 1 heterocycles. The van der Waals surface area contributed by atoms with Crippen LogP contribution in [0.15, 0.2) is 48.8 Å². The van der Waals surface area contributed by atoms with Crippen LogP contribution >= 0.6 is 0 Å². The minimum Gasteiger partial charge on any atom is -0.351 e. The molecule has 1 aliphatic rings. The van der Waals surface area contributed by atoms with Crippen LogP contribution < -0.4 is 10.6 Å². The number of benzene rings is 1. The first-order chi connectivity index (χ1) is 11.1. The lowest BCUT2D eigenvalue weighted by molar-refractivity contribution is -0.134. The third-order valence-corrected chi connectivity index (χ3v) is 4.10. The van der Waals surface area contributed by atoms with Gasteiger partial charge in [0.2, 0.25) is 11.8 Å². The van der Waals surface area contributed by atoms with Gasteiger partial charge in [-0.25, -0.2) is 0 Å². The molecule has 0 atom stereocenters. The number of aromatic nitrogens is 1. The van der Waals surface area contributed by atoms with Crippen molar-refractivity contribution in [3.63, 3.8) is 0 Å². The van der Waals surface area contributed by atoms with E-state index in [1.165, 1.54) is 0 Å². The average Bonchev–Trinajstić information content (AvgIpc) is 3.35. The zero-order chi connectivity index (χ0) is 16.3. The van der Waals surface area contributed by atoms with Crippen LogP contribution in [0.2, 0.25) is 0 Å². The molecule has 1 aromatic heterocycles. The number of amides is 2. The van der Waals surface area contributed by atoms with E-state index in [2.05, 4.69) is 15.6 Å². The van der Waals surface area contributed by atoms with Gasteiger partial charge in [0, 0.05) is 24.6 Å². The van der Waals surface area contributed by atoms with Gasteiger partial charge in [0.15, 0.2) is 0 Å². The lowest BCUT2D eigenvalue weighted by atomic mass is 10.0. The molecule has 0 spiro atoms. The predicted molar refractivity (Wildman–Crippen MR) is 87.6 cm³/mol. The van der Waals surface area contributed by atoms with Gasteiger partial charge >= 0.3 is 0 Å². The van der Waals surface area contributed by atoms with Gasteiger partial charge in [-0.05, 0) is 55.2 Å². The van der Waals surface area contributed by atoms with Crippen molar-refractivity contribution < 1.29 is 9.59 Å². The van der Waals surface area contributed by atoms with Crippen molar-refractivity contribution in [1.29, 1.82) is 0 Å². The molecule has 1 fully saturated rings. The third kappa shape index (κ3) is 3.39. The molecule has 1 saturated carbocycles. The van der Waals surface area contributed by atoms with Crippen LogP contribution in [0, 0.1) is 12.3 Å². The zero-order valence-electron chi connectivity index (χ0n) is 13.0. The highest BCUT2D eigenvalue weighted by Crippen LogP contribution is 2.46. The van der Waals surface area contributed by atoms with Gasteiger partial charge in [0.25, 0.3) is 0 Å². The monoisotopic (exact) mass is 309 g/mol. The van der Waals surface area contributed by atoms with Crippen LogP contribution in [0.25, 0.3) is 0 Å². The normalized spacial score (nSPS) is 14.8. The van der Waals surface area contributed by atoms with Crippen molar-refractivity contribution in [2.75, 3.05) is 5.32 Å². The van der Waals surface area contributed by atoms with Gasteiger partial charge in [-0.1, -0.05) is 12.1 Å². The van der Waals surface area contributed by atoms with Crippen molar-refractivity contribution in [3.05, 3.63) is 59.9 Å². The molecule has 118 valence electrons. The molecule has 5 heteroatoms. The minimum atomic E-state index is -0.920. The summed E-state index contributed by atoms with van der Waals surface area (Å²) in [4.78, 5) is 28.8. The highest BCUT2D eigenvalue weighted by molar-refractivity contribution is 6.13. The Labute approximate surface area is 135 Å². The Morgan fingerprint density at radius 3 is 2.52 bits per heavy atom. The summed E-state index contributed by atoms with van der Waals surface area (Å²) in [6, 6.07) is 11.2. The van der Waals surface area contributed by atoms with E-state index in [9.17, 15) is 9.59 Å². The second kappa shape index (κ2) is 6.20. The van der Waals surface area contributed by atoms with E-state index in [1.54, 1.807) is 12.4 Å². The third-order valence-electron chi connectivity index (χ3n) is 4.10. The van der Waals surface area contributed by atoms with E-state index < -0.39 is 5.41 Å². The van der Waals surface area contributed by atoms with Crippen LogP contribution in [-0.2, 0) is 16.1 Å². The first-order valence-corrected chi connectivity index (χ1v) is 7.65. The van der Waals surface area contributed by atoms with Crippen molar-refractivity contribution in [2.24, 2.45) is 5.41 Å². The Bertz CT molecular complexity index is 724. The molecule has 1 aromatic carbocycles. The van der Waals surface area contributed by atoms with Crippen LogP contribution in [0.4, 0.5) is 5.69 Å². The Kier molecular flexibility index (Phi) is 4.10. The van der Waals surface area contributed by atoms with E-state index >= 15 is 0 Å². The van der Waals surface area contributed by atoms with Crippen LogP contribution in [0.5, 0.6) is 0 Å². The molecule has 0 saturated heterocycles. The number of hydrogen-bond acceptors (Lipinski definition) is 3. The summed E-state index contributed by atoms with van der Waals surface area (Å²) >= 11 is 0. The second-order valence-electron chi connectivity index (χ2n) is 5.94. The molecule has 0 unspecified atom stereocenters. The molecule has 5 nitrogen and oxygen atoms in total. The molecule has 0 radical (unpaired) electrons. The number of nitrogens with one attached hydrogen (secondary N) is 2. The highest BCUT2D eigenvalue weighted by atomic mass is 16.2. The van der Waals surface area contributed by atoms with Crippen LogP contribution in [0.3, 0.4) is 0 Å². The summed E-state index contributed by atoms with van der Waals surface area (Å²) in [5, 5.41) is 5.71. The number of pyridine rings is 1. The van der Waals surface area contributed by atoms with Crippen LogP contribution in [-0.4, -0.2) is 16.8 Å². The number of nitrogens with zero attached hydrogens (tertiary/aromatic N) is 1. The summed E-state index contributed by atoms with van der Waals surface area (Å²) in [5.74, 6) is -0.435. The SMILES string of the molecule is Cc1cccc(NC(=O)C2(C(=O)NCc3ccncc3)CC2)c1. The van der Waals surface area contributed by atoms with Gasteiger partial charge in [0.1, 0.15) is 5.41 Å². The molecule has 0 bridgehead atoms. The van der Waals surface area contributed by atoms with Crippen LogP contribution in [0.1, 0.15) is 24.0 Å². The van der Waals surface area contributed by atoms with E-state index in [0.29, 0.717) is 19.4 Å². The molecular weight excluding hydrogens is 290 g/mol. The fraction of sp³-hybridized carbons (Fsp3) is 0.278. The minimum absolute atomic E-state index is 0.209. The summed E-state index contributed by atoms with van der Waals surface area (Å²) in [5.41, 5.74) is 1.83. The molecule has 2 N–H and O–H groups in total. The second-order valence-corrected chi connectivity index (χ2v) is 5.94. The van der Waals surface area contributed by atoms with Gasteiger partial charge in [-0.2, -0.15) is 0 Å². The maximum Gasteiger partial charge on any atom is 0.240 e. The fourth-order valence-corrected chi connectivity index (χ4v) is 2.51. The van der Waals surface area contributed by atoms with E-state index in [4.69, 9.17) is 0 Å². The van der Waals surface area contributed by atoms with Gasteiger partial charge < -0.3 is 10.6 Å². The average molecular weight is 309 g/mol. The van der Waals surface area contributed by atoms with E-state index in [-0.39, 0.29) is 11.8 Å². The molecule has 2 aromatic rings. The largest absolute Gasteiger partial charge is 0.351 e. The van der Waals surface area contributed by atoms with Gasteiger partial charge in [-0.15, -0.1) is 0 Å². The van der Waals surface area contributed by atoms with Crippen molar-refractivity contribution in [1.82, 2.24) is 10.3 Å². The molecular formula is C18H19N3O2. The van der Waals surface area contributed by atoms with Gasteiger partial charge in [0.05, 0.1) is 0 Å². The number of carbonyl (C=O) groups excluding carboxylic acids is 2. The van der Waals surface area contributed by atoms with E-state index in [1.807, 2.05) is 43.3 Å². The lowest BCUT2D eigenvalue weighted by Crippen LogP contribution is -2.39. The van der Waals surface area contributed by atoms with Crippen molar-refractivity contribution >= 4 is 17.5 Å². The number of carbonyl (C=O) groups is 2. The lowest BCUT2D eigenvalue weighted by Gasteiger charge is -2.15. The molecule has 1 aliphatic carbocycles. The Morgan fingerprint density at radius 2 is 1.87 bits per heavy atom. The Morgan fingerprint density at radius 1 is 1.13 bits per heavy atom. The van der Waals surface area contributed by atoms with Gasteiger partial charge in [-0.3, -0.25) is 14.6 Å². The fourth-order valence-electron chi connectivity index (χ4n) is 2.51. The Hall–Kier alpha value is -2.69. The standard InChI is InChI=1S/C18H19N3O2/c1-13-3-2-4-15(11-13)21-17(23)18(7-8-18)16(22)20-12-14-5-9-19-10-6-14/h2-6,9-11H,7-8,12H2,1H3,(H,20,22)(H,21,23). The topological polar surface area (TPSA) is 71.1 Å². The molecule has 0 aliphatic heterocycles. The summed E-state index contributed by atoms with van der Waals surface area (Å²) < 4.78 is 0. The van der Waals surface area contributed by atoms with Crippen molar-refractivity contribution in [3.8, 4) is 0 Å². The number of anilines is 1. The zero-order valence-corrected chi connectivity index (χ0v) is 13.0. The highest BCUT2D eigenvalue weighted by Gasteiger charge is 2.56. The van der Waals surface area contributed by atoms with Crippen molar-refractivity contribution in [2.45, 2.75) is 26.3 Å². The number of rotatable bonds is 5. The maximum absolute atomic E-state index is 12.5. The smallest absolute Gasteiger partial charge is 0.240 e. The first kappa shape index (κ1) is 15.2. The molecule has 23 heavy (non-hydrogen) atoms.